The Morgan fingerprint density at radius 3 is 2.00 bits per heavy atom. The lowest BCUT2D eigenvalue weighted by atomic mass is 9.69. The molecular weight excluding hydrogens is 288 g/mol. The van der Waals surface area contributed by atoms with E-state index < -0.39 is 0 Å². The fourth-order valence-corrected chi connectivity index (χ4v) is 5.05. The van der Waals surface area contributed by atoms with Crippen LogP contribution in [0.5, 0.6) is 0 Å². The van der Waals surface area contributed by atoms with Gasteiger partial charge >= 0.3 is 0 Å². The second-order valence-electron chi connectivity index (χ2n) is 8.85. The van der Waals surface area contributed by atoms with Gasteiger partial charge in [0.1, 0.15) is 0 Å². The SMILES string of the molecule is Cc1cc(C)c(C)c(C=CC2CCC(C3CCC(C)CC3)CC2)c1. The highest BCUT2D eigenvalue weighted by Gasteiger charge is 2.29. The van der Waals surface area contributed by atoms with Gasteiger partial charge in [-0.15, -0.1) is 0 Å². The Balaban J connectivity index is 1.54. The minimum atomic E-state index is 0.809. The van der Waals surface area contributed by atoms with Crippen LogP contribution in [0.4, 0.5) is 0 Å². The molecule has 132 valence electrons. The van der Waals surface area contributed by atoms with E-state index in [1.54, 1.807) is 0 Å². The Hall–Kier alpha value is -1.04. The molecule has 3 rings (SSSR count). The van der Waals surface area contributed by atoms with Gasteiger partial charge in [0.05, 0.1) is 0 Å². The number of aryl methyl sites for hydroxylation is 2. The third-order valence-electron chi connectivity index (χ3n) is 6.94. The van der Waals surface area contributed by atoms with E-state index in [0.29, 0.717) is 0 Å². The van der Waals surface area contributed by atoms with Crippen LogP contribution in [0.2, 0.25) is 0 Å². The zero-order valence-corrected chi connectivity index (χ0v) is 16.3. The van der Waals surface area contributed by atoms with E-state index in [1.165, 1.54) is 73.6 Å². The zero-order valence-electron chi connectivity index (χ0n) is 16.3. The Morgan fingerprint density at radius 1 is 0.792 bits per heavy atom. The molecule has 0 heteroatoms. The molecule has 2 saturated carbocycles. The predicted octanol–water partition coefficient (Wildman–Crippen LogP) is 7.26. The fraction of sp³-hybridized carbons (Fsp3) is 0.667. The van der Waals surface area contributed by atoms with E-state index in [-0.39, 0.29) is 0 Å². The average molecular weight is 325 g/mol. The number of rotatable bonds is 3. The molecule has 0 aromatic heterocycles. The first kappa shape index (κ1) is 17.8. The first-order valence-corrected chi connectivity index (χ1v) is 10.3. The third-order valence-corrected chi connectivity index (χ3v) is 6.94. The van der Waals surface area contributed by atoms with Crippen molar-refractivity contribution in [3.63, 3.8) is 0 Å². The number of hydrogen-bond donors (Lipinski definition) is 0. The van der Waals surface area contributed by atoms with Crippen molar-refractivity contribution < 1.29 is 0 Å². The molecule has 0 N–H and O–H groups in total. The van der Waals surface area contributed by atoms with Crippen molar-refractivity contribution in [2.45, 2.75) is 79.1 Å². The van der Waals surface area contributed by atoms with E-state index in [1.807, 2.05) is 0 Å². The van der Waals surface area contributed by atoms with Gasteiger partial charge in [0.25, 0.3) is 0 Å². The molecule has 0 radical (unpaired) electrons. The Bertz CT molecular complexity index is 564. The van der Waals surface area contributed by atoms with Gasteiger partial charge in [0, 0.05) is 0 Å². The Kier molecular flexibility index (Phi) is 5.85. The van der Waals surface area contributed by atoms with Gasteiger partial charge in [-0.2, -0.15) is 0 Å². The van der Waals surface area contributed by atoms with E-state index in [2.05, 4.69) is 52.0 Å². The van der Waals surface area contributed by atoms with Gasteiger partial charge in [-0.05, 0) is 99.7 Å². The van der Waals surface area contributed by atoms with Crippen LogP contribution < -0.4 is 0 Å². The highest BCUT2D eigenvalue weighted by molar-refractivity contribution is 5.57. The predicted molar refractivity (Wildman–Crippen MR) is 106 cm³/mol. The summed E-state index contributed by atoms with van der Waals surface area (Å²) in [6.07, 6.45) is 16.7. The summed E-state index contributed by atoms with van der Waals surface area (Å²) in [6, 6.07) is 4.64. The topological polar surface area (TPSA) is 0 Å². The van der Waals surface area contributed by atoms with Crippen LogP contribution >= 0.6 is 0 Å². The van der Waals surface area contributed by atoms with Crippen molar-refractivity contribution in [3.05, 3.63) is 40.5 Å². The number of hydrogen-bond acceptors (Lipinski definition) is 0. The zero-order chi connectivity index (χ0) is 17.1. The summed E-state index contributed by atoms with van der Waals surface area (Å²) >= 11 is 0. The van der Waals surface area contributed by atoms with Crippen molar-refractivity contribution in [2.24, 2.45) is 23.7 Å². The Morgan fingerprint density at radius 2 is 1.38 bits per heavy atom. The molecule has 0 atom stereocenters. The largest absolute Gasteiger partial charge is 0.0808 e. The van der Waals surface area contributed by atoms with Gasteiger partial charge in [0.2, 0.25) is 0 Å². The minimum Gasteiger partial charge on any atom is -0.0808 e. The molecule has 0 bridgehead atoms. The van der Waals surface area contributed by atoms with Gasteiger partial charge < -0.3 is 0 Å². The van der Waals surface area contributed by atoms with E-state index >= 15 is 0 Å². The molecule has 1 aromatic carbocycles. The maximum absolute atomic E-state index is 2.51. The van der Waals surface area contributed by atoms with Crippen molar-refractivity contribution >= 4 is 6.08 Å². The van der Waals surface area contributed by atoms with Crippen molar-refractivity contribution in [2.75, 3.05) is 0 Å². The minimum absolute atomic E-state index is 0.809. The standard InChI is InChI=1S/C24H36/c1-17-5-10-22(11-6-17)23-12-7-21(8-13-23)9-14-24-16-18(2)15-19(3)20(24)4/h9,14-17,21-23H,5-8,10-13H2,1-4H3. The van der Waals surface area contributed by atoms with Gasteiger partial charge in [-0.3, -0.25) is 0 Å². The molecule has 2 aliphatic carbocycles. The second kappa shape index (κ2) is 7.89. The molecule has 0 aliphatic heterocycles. The van der Waals surface area contributed by atoms with Crippen LogP contribution in [-0.2, 0) is 0 Å². The first-order chi connectivity index (χ1) is 11.5. The van der Waals surface area contributed by atoms with Crippen molar-refractivity contribution in [1.29, 1.82) is 0 Å². The van der Waals surface area contributed by atoms with Crippen LogP contribution in [0, 0.1) is 44.4 Å². The fourth-order valence-electron chi connectivity index (χ4n) is 5.05. The summed E-state index contributed by atoms with van der Waals surface area (Å²) in [7, 11) is 0. The molecule has 0 unspecified atom stereocenters. The lowest BCUT2D eigenvalue weighted by Crippen LogP contribution is -2.24. The van der Waals surface area contributed by atoms with Crippen LogP contribution in [0.15, 0.2) is 18.2 Å². The van der Waals surface area contributed by atoms with E-state index in [0.717, 1.165) is 23.7 Å². The molecule has 1 aromatic rings. The summed E-state index contributed by atoms with van der Waals surface area (Å²) in [5.74, 6) is 3.88. The normalized spacial score (nSPS) is 31.5. The molecule has 0 amide bonds. The molecule has 0 saturated heterocycles. The Labute approximate surface area is 149 Å². The lowest BCUT2D eigenvalue weighted by Gasteiger charge is -2.36. The maximum atomic E-state index is 2.51. The molecule has 24 heavy (non-hydrogen) atoms. The molecular formula is C24H36. The van der Waals surface area contributed by atoms with Crippen molar-refractivity contribution in [3.8, 4) is 0 Å². The van der Waals surface area contributed by atoms with Crippen LogP contribution in [0.3, 0.4) is 0 Å². The second-order valence-corrected chi connectivity index (χ2v) is 8.85. The summed E-state index contributed by atoms with van der Waals surface area (Å²) in [5, 5.41) is 0. The molecule has 0 nitrogen and oxygen atoms in total. The first-order valence-electron chi connectivity index (χ1n) is 10.3. The van der Waals surface area contributed by atoms with Gasteiger partial charge in [-0.25, -0.2) is 0 Å². The summed E-state index contributed by atoms with van der Waals surface area (Å²) in [6.45, 7) is 9.14. The quantitative estimate of drug-likeness (QED) is 0.549. The summed E-state index contributed by atoms with van der Waals surface area (Å²) in [5.41, 5.74) is 5.68. The van der Waals surface area contributed by atoms with Crippen molar-refractivity contribution in [1.82, 2.24) is 0 Å². The third kappa shape index (κ3) is 4.32. The average Bonchev–Trinajstić information content (AvgIpc) is 2.58. The highest BCUT2D eigenvalue weighted by atomic mass is 14.3. The van der Waals surface area contributed by atoms with Crippen LogP contribution in [0.25, 0.3) is 6.08 Å². The highest BCUT2D eigenvalue weighted by Crippen LogP contribution is 2.41. The molecule has 2 fully saturated rings. The summed E-state index contributed by atoms with van der Waals surface area (Å²) < 4.78 is 0. The monoisotopic (exact) mass is 324 g/mol. The van der Waals surface area contributed by atoms with E-state index in [4.69, 9.17) is 0 Å². The number of benzene rings is 1. The van der Waals surface area contributed by atoms with Crippen LogP contribution in [0.1, 0.15) is 80.5 Å². The van der Waals surface area contributed by atoms with Gasteiger partial charge in [0.15, 0.2) is 0 Å². The summed E-state index contributed by atoms with van der Waals surface area (Å²) in [4.78, 5) is 0. The smallest absolute Gasteiger partial charge is 0.0225 e. The lowest BCUT2D eigenvalue weighted by molar-refractivity contribution is 0.160. The van der Waals surface area contributed by atoms with E-state index in [9.17, 15) is 0 Å². The van der Waals surface area contributed by atoms with Crippen LogP contribution in [-0.4, -0.2) is 0 Å². The molecule has 2 aliphatic rings. The van der Waals surface area contributed by atoms with Gasteiger partial charge in [-0.1, -0.05) is 49.6 Å². The number of allylic oxidation sites excluding steroid dienone is 1. The molecule has 0 spiro atoms. The molecule has 0 heterocycles. The maximum Gasteiger partial charge on any atom is -0.0225 e.